The average molecular weight is 413 g/mol. The van der Waals surface area contributed by atoms with Gasteiger partial charge in [0.2, 0.25) is 0 Å². The van der Waals surface area contributed by atoms with Gasteiger partial charge in [0, 0.05) is 68.8 Å². The second-order valence-corrected chi connectivity index (χ2v) is 8.87. The quantitative estimate of drug-likeness (QED) is 0.314. The van der Waals surface area contributed by atoms with Gasteiger partial charge in [-0.1, -0.05) is 24.3 Å². The van der Waals surface area contributed by atoms with Crippen LogP contribution in [0.1, 0.15) is 11.1 Å². The molecule has 5 aromatic rings. The fraction of sp³-hybridized carbons (Fsp3) is 0.160. The maximum absolute atomic E-state index is 6.46. The number of nitrogens with one attached hydrogen (secondary N) is 2. The van der Waals surface area contributed by atoms with Crippen molar-refractivity contribution in [2.75, 3.05) is 5.75 Å². The first-order valence-electron chi connectivity index (χ1n) is 10.1. The molecule has 3 aromatic heterocycles. The lowest BCUT2D eigenvalue weighted by atomic mass is 10.0. The second kappa shape index (κ2) is 8.01. The molecule has 0 radical (unpaired) electrons. The van der Waals surface area contributed by atoms with E-state index in [4.69, 9.17) is 5.73 Å². The summed E-state index contributed by atoms with van der Waals surface area (Å²) in [5.74, 6) is 0.848. The van der Waals surface area contributed by atoms with Crippen LogP contribution in [0.5, 0.6) is 0 Å². The summed E-state index contributed by atoms with van der Waals surface area (Å²) in [6.45, 7) is 2.13. The maximum atomic E-state index is 6.46. The second-order valence-electron chi connectivity index (χ2n) is 7.78. The van der Waals surface area contributed by atoms with Crippen LogP contribution in [0.15, 0.2) is 78.2 Å². The van der Waals surface area contributed by atoms with E-state index < -0.39 is 0 Å². The summed E-state index contributed by atoms with van der Waals surface area (Å²) < 4.78 is 0. The van der Waals surface area contributed by atoms with Crippen LogP contribution in [0.3, 0.4) is 0 Å². The van der Waals surface area contributed by atoms with Gasteiger partial charge in [0.1, 0.15) is 0 Å². The molecule has 1 atom stereocenters. The molecule has 0 unspecified atom stereocenters. The van der Waals surface area contributed by atoms with Crippen molar-refractivity contribution >= 4 is 33.6 Å². The molecule has 4 N–H and O–H groups in total. The minimum Gasteiger partial charge on any atom is -0.361 e. The zero-order valence-corrected chi connectivity index (χ0v) is 17.7. The van der Waals surface area contributed by atoms with E-state index in [1.54, 1.807) is 11.8 Å². The average Bonchev–Trinajstić information content (AvgIpc) is 3.36. The third kappa shape index (κ3) is 3.74. The number of rotatable bonds is 6. The highest BCUT2D eigenvalue weighted by atomic mass is 32.2. The van der Waals surface area contributed by atoms with E-state index >= 15 is 0 Å². The van der Waals surface area contributed by atoms with Crippen molar-refractivity contribution in [1.29, 1.82) is 0 Å². The van der Waals surface area contributed by atoms with Gasteiger partial charge < -0.3 is 15.7 Å². The number of para-hydroxylation sites is 1. The molecule has 0 spiro atoms. The molecule has 0 amide bonds. The zero-order valence-electron chi connectivity index (χ0n) is 16.9. The Labute approximate surface area is 179 Å². The highest BCUT2D eigenvalue weighted by Gasteiger charge is 2.10. The van der Waals surface area contributed by atoms with Gasteiger partial charge in [0.15, 0.2) is 0 Å². The van der Waals surface area contributed by atoms with E-state index in [9.17, 15) is 0 Å². The van der Waals surface area contributed by atoms with Crippen molar-refractivity contribution in [3.8, 4) is 11.1 Å². The topological polar surface area (TPSA) is 70.5 Å². The minimum atomic E-state index is 0.0803. The van der Waals surface area contributed by atoms with Crippen molar-refractivity contribution in [1.82, 2.24) is 15.0 Å². The van der Waals surface area contributed by atoms with Crippen LogP contribution < -0.4 is 5.73 Å². The highest BCUT2D eigenvalue weighted by molar-refractivity contribution is 7.99. The Morgan fingerprint density at radius 3 is 2.70 bits per heavy atom. The van der Waals surface area contributed by atoms with E-state index in [2.05, 4.69) is 70.5 Å². The monoisotopic (exact) mass is 412 g/mol. The molecular weight excluding hydrogens is 388 g/mol. The van der Waals surface area contributed by atoms with E-state index in [-0.39, 0.29) is 6.04 Å². The fourth-order valence-electron chi connectivity index (χ4n) is 3.94. The number of pyridine rings is 1. The molecule has 0 aliphatic heterocycles. The Hall–Kier alpha value is -3.02. The number of thioether (sulfide) groups is 1. The minimum absolute atomic E-state index is 0.0803. The smallest absolute Gasteiger partial charge is 0.0457 e. The Morgan fingerprint density at radius 1 is 0.933 bits per heavy atom. The first-order valence-corrected chi connectivity index (χ1v) is 11.1. The Kier molecular flexibility index (Phi) is 5.07. The van der Waals surface area contributed by atoms with Gasteiger partial charge in [-0.3, -0.25) is 4.98 Å². The first kappa shape index (κ1) is 19.0. The molecule has 0 saturated heterocycles. The normalized spacial score (nSPS) is 12.6. The lowest BCUT2D eigenvalue weighted by Gasteiger charge is -2.11. The van der Waals surface area contributed by atoms with Gasteiger partial charge in [-0.15, -0.1) is 11.8 Å². The number of benzene rings is 2. The molecule has 2 aromatic carbocycles. The Bertz CT molecular complexity index is 1320. The Balaban J connectivity index is 1.29. The first-order chi connectivity index (χ1) is 14.7. The zero-order chi connectivity index (χ0) is 20.5. The molecule has 3 heterocycles. The maximum Gasteiger partial charge on any atom is 0.0457 e. The van der Waals surface area contributed by atoms with Crippen molar-refractivity contribution in [2.45, 2.75) is 24.3 Å². The van der Waals surface area contributed by atoms with Crippen LogP contribution in [-0.2, 0) is 6.42 Å². The highest BCUT2D eigenvalue weighted by Crippen LogP contribution is 2.29. The number of aromatic amines is 2. The number of aromatic nitrogens is 3. The van der Waals surface area contributed by atoms with Crippen LogP contribution >= 0.6 is 11.8 Å². The van der Waals surface area contributed by atoms with Crippen LogP contribution in [0.4, 0.5) is 0 Å². The van der Waals surface area contributed by atoms with Crippen LogP contribution in [0.25, 0.3) is 32.9 Å². The van der Waals surface area contributed by atoms with Gasteiger partial charge in [0.25, 0.3) is 0 Å². The lowest BCUT2D eigenvalue weighted by molar-refractivity contribution is 0.752. The standard InChI is InChI=1S/C25H24N4S/c1-16-11-28-25-7-6-17(10-23(16)25)18-9-21(14-27-12-18)30-15-20(26)8-19-13-29-24-5-3-2-4-22(19)24/h2-7,9-14,20,28-29H,8,15,26H2,1H3/t20-/m0/s1. The summed E-state index contributed by atoms with van der Waals surface area (Å²) >= 11 is 1.77. The third-order valence-electron chi connectivity index (χ3n) is 5.56. The SMILES string of the molecule is Cc1c[nH]c2ccc(-c3cncc(SC[C@@H](N)Cc4c[nH]c5ccccc45)c3)cc12. The third-order valence-corrected chi connectivity index (χ3v) is 6.71. The number of hydrogen-bond donors (Lipinski definition) is 3. The largest absolute Gasteiger partial charge is 0.361 e. The van der Waals surface area contributed by atoms with E-state index in [1.165, 1.54) is 33.0 Å². The molecular formula is C25H24N4S. The van der Waals surface area contributed by atoms with Gasteiger partial charge in [0.05, 0.1) is 0 Å². The Morgan fingerprint density at radius 2 is 1.77 bits per heavy atom. The number of aryl methyl sites for hydroxylation is 1. The van der Waals surface area contributed by atoms with Gasteiger partial charge in [-0.2, -0.15) is 0 Å². The predicted octanol–water partition coefficient (Wildman–Crippen LogP) is 5.68. The number of hydrogen-bond acceptors (Lipinski definition) is 3. The summed E-state index contributed by atoms with van der Waals surface area (Å²) in [6.07, 6.45) is 8.84. The summed E-state index contributed by atoms with van der Waals surface area (Å²) in [5.41, 5.74) is 13.6. The number of nitrogens with zero attached hydrogens (tertiary/aromatic N) is 1. The van der Waals surface area contributed by atoms with Gasteiger partial charge in [-0.25, -0.2) is 0 Å². The number of nitrogens with two attached hydrogens (primary N) is 1. The molecule has 0 bridgehead atoms. The molecule has 0 aliphatic carbocycles. The number of H-pyrrole nitrogens is 2. The van der Waals surface area contributed by atoms with Crippen LogP contribution in [0.2, 0.25) is 0 Å². The van der Waals surface area contributed by atoms with Crippen LogP contribution in [0, 0.1) is 6.92 Å². The van der Waals surface area contributed by atoms with Crippen molar-refractivity contribution in [3.05, 3.63) is 84.4 Å². The summed E-state index contributed by atoms with van der Waals surface area (Å²) in [5, 5.41) is 2.52. The molecule has 5 heteroatoms. The van der Waals surface area contributed by atoms with Gasteiger partial charge >= 0.3 is 0 Å². The molecule has 4 nitrogen and oxygen atoms in total. The fourth-order valence-corrected chi connectivity index (χ4v) is 4.81. The van der Waals surface area contributed by atoms with E-state index in [0.717, 1.165) is 28.1 Å². The molecule has 5 rings (SSSR count). The summed E-state index contributed by atoms with van der Waals surface area (Å²) in [6, 6.07) is 17.2. The summed E-state index contributed by atoms with van der Waals surface area (Å²) in [4.78, 5) is 12.3. The molecule has 30 heavy (non-hydrogen) atoms. The van der Waals surface area contributed by atoms with E-state index in [0.29, 0.717) is 0 Å². The van der Waals surface area contributed by atoms with Crippen molar-refractivity contribution in [2.24, 2.45) is 5.73 Å². The molecule has 0 aliphatic rings. The molecule has 150 valence electrons. The van der Waals surface area contributed by atoms with Crippen molar-refractivity contribution in [3.63, 3.8) is 0 Å². The van der Waals surface area contributed by atoms with Gasteiger partial charge in [-0.05, 0) is 54.3 Å². The van der Waals surface area contributed by atoms with Crippen LogP contribution in [-0.4, -0.2) is 26.7 Å². The summed E-state index contributed by atoms with van der Waals surface area (Å²) in [7, 11) is 0. The predicted molar refractivity (Wildman–Crippen MR) is 127 cm³/mol. The number of fused-ring (bicyclic) bond motifs is 2. The lowest BCUT2D eigenvalue weighted by Crippen LogP contribution is -2.25. The molecule has 0 fully saturated rings. The molecule has 0 saturated carbocycles. The van der Waals surface area contributed by atoms with Crippen molar-refractivity contribution < 1.29 is 0 Å². The van der Waals surface area contributed by atoms with E-state index in [1.807, 2.05) is 24.7 Å².